The van der Waals surface area contributed by atoms with Gasteiger partial charge in [-0.3, -0.25) is 9.78 Å². The van der Waals surface area contributed by atoms with Crippen LogP contribution >= 0.6 is 0 Å². The van der Waals surface area contributed by atoms with Gasteiger partial charge in [-0.1, -0.05) is 0 Å². The molecular formula is C24H25F3N4O2. The summed E-state index contributed by atoms with van der Waals surface area (Å²) in [7, 11) is 1.62. The molecule has 0 N–H and O–H groups in total. The first-order valence-electron chi connectivity index (χ1n) is 10.7. The van der Waals surface area contributed by atoms with E-state index in [4.69, 9.17) is 10.00 Å². The minimum atomic E-state index is -4.61. The number of carbonyl (C=O) groups excluding carboxylic acids is 1. The van der Waals surface area contributed by atoms with Crippen LogP contribution in [-0.4, -0.2) is 55.7 Å². The molecule has 2 aliphatic rings. The van der Waals surface area contributed by atoms with Gasteiger partial charge in [0, 0.05) is 62.7 Å². The monoisotopic (exact) mass is 458 g/mol. The maximum absolute atomic E-state index is 13.5. The highest BCUT2D eigenvalue weighted by Crippen LogP contribution is 2.45. The van der Waals surface area contributed by atoms with Crippen molar-refractivity contribution in [3.63, 3.8) is 0 Å². The molecule has 2 saturated heterocycles. The second-order valence-electron chi connectivity index (χ2n) is 8.90. The molecule has 174 valence electrons. The molecule has 1 aromatic heterocycles. The number of hydrogen-bond donors (Lipinski definition) is 0. The van der Waals surface area contributed by atoms with Gasteiger partial charge in [-0.15, -0.1) is 0 Å². The highest BCUT2D eigenvalue weighted by molar-refractivity contribution is 5.95. The standard InChI is InChI=1S/C24H25F3N4O2/c1-16-5-7-29-11-20(16)22(32)30-8-6-23(15-33-2)14-31(13-18(23)12-30)19-4-3-17(10-28)21(9-19)24(25,26)27/h3-5,7,9,11,18H,6,8,12-15H2,1-2H3/t18-,23+/m1/s1. The number of anilines is 1. The number of methoxy groups -OCH3 is 1. The summed E-state index contributed by atoms with van der Waals surface area (Å²) in [6, 6.07) is 7.27. The Morgan fingerprint density at radius 1 is 1.33 bits per heavy atom. The molecule has 0 spiro atoms. The molecule has 1 amide bonds. The van der Waals surface area contributed by atoms with E-state index in [2.05, 4.69) is 4.98 Å². The summed E-state index contributed by atoms with van der Waals surface area (Å²) in [5, 5.41) is 9.09. The van der Waals surface area contributed by atoms with Gasteiger partial charge in [0.15, 0.2) is 0 Å². The average molecular weight is 458 g/mol. The van der Waals surface area contributed by atoms with Crippen LogP contribution in [-0.2, 0) is 10.9 Å². The van der Waals surface area contributed by atoms with Gasteiger partial charge >= 0.3 is 6.18 Å². The van der Waals surface area contributed by atoms with E-state index in [-0.39, 0.29) is 17.2 Å². The van der Waals surface area contributed by atoms with Gasteiger partial charge in [-0.25, -0.2) is 0 Å². The molecule has 4 rings (SSSR count). The minimum absolute atomic E-state index is 0.0390. The molecule has 3 heterocycles. The number of rotatable bonds is 4. The van der Waals surface area contributed by atoms with Crippen molar-refractivity contribution in [2.45, 2.75) is 19.5 Å². The van der Waals surface area contributed by atoms with E-state index in [1.54, 1.807) is 37.7 Å². The number of hydrogen-bond acceptors (Lipinski definition) is 5. The highest BCUT2D eigenvalue weighted by atomic mass is 19.4. The molecule has 0 aliphatic carbocycles. The van der Waals surface area contributed by atoms with Crippen molar-refractivity contribution in [2.75, 3.05) is 44.8 Å². The van der Waals surface area contributed by atoms with Crippen LogP contribution in [0.3, 0.4) is 0 Å². The van der Waals surface area contributed by atoms with Crippen molar-refractivity contribution in [3.05, 3.63) is 58.9 Å². The van der Waals surface area contributed by atoms with Crippen molar-refractivity contribution < 1.29 is 22.7 Å². The Bertz CT molecular complexity index is 1100. The van der Waals surface area contributed by atoms with Crippen LogP contribution in [0.4, 0.5) is 18.9 Å². The van der Waals surface area contributed by atoms with Gasteiger partial charge in [0.05, 0.1) is 29.4 Å². The Morgan fingerprint density at radius 2 is 2.12 bits per heavy atom. The van der Waals surface area contributed by atoms with Gasteiger partial charge < -0.3 is 14.5 Å². The van der Waals surface area contributed by atoms with Gasteiger partial charge in [-0.05, 0) is 43.2 Å². The quantitative estimate of drug-likeness (QED) is 0.695. The zero-order chi connectivity index (χ0) is 23.8. The van der Waals surface area contributed by atoms with Crippen LogP contribution in [0.2, 0.25) is 0 Å². The van der Waals surface area contributed by atoms with Crippen LogP contribution in [0.15, 0.2) is 36.7 Å². The van der Waals surface area contributed by atoms with Crippen LogP contribution in [0, 0.1) is 29.6 Å². The summed E-state index contributed by atoms with van der Waals surface area (Å²) in [6.07, 6.45) is -0.698. The number of alkyl halides is 3. The molecule has 2 aromatic rings. The van der Waals surface area contributed by atoms with E-state index in [1.165, 1.54) is 6.07 Å². The number of piperidine rings is 1. The average Bonchev–Trinajstić information content (AvgIpc) is 3.16. The predicted molar refractivity (Wildman–Crippen MR) is 116 cm³/mol. The third kappa shape index (κ3) is 4.27. The smallest absolute Gasteiger partial charge is 0.384 e. The lowest BCUT2D eigenvalue weighted by molar-refractivity contribution is -0.137. The molecule has 0 saturated carbocycles. The molecule has 0 unspecified atom stereocenters. The van der Waals surface area contributed by atoms with Crippen molar-refractivity contribution in [1.82, 2.24) is 9.88 Å². The third-order valence-electron chi connectivity index (χ3n) is 6.92. The topological polar surface area (TPSA) is 69.5 Å². The molecule has 2 fully saturated rings. The third-order valence-corrected chi connectivity index (χ3v) is 6.92. The van der Waals surface area contributed by atoms with E-state index >= 15 is 0 Å². The molecule has 33 heavy (non-hydrogen) atoms. The van der Waals surface area contributed by atoms with Crippen LogP contribution in [0.1, 0.15) is 33.5 Å². The van der Waals surface area contributed by atoms with Crippen molar-refractivity contribution in [3.8, 4) is 6.07 Å². The second-order valence-corrected chi connectivity index (χ2v) is 8.90. The molecule has 6 nitrogen and oxygen atoms in total. The fourth-order valence-electron chi connectivity index (χ4n) is 5.11. The number of aromatic nitrogens is 1. The van der Waals surface area contributed by atoms with Crippen LogP contribution in [0.25, 0.3) is 0 Å². The highest BCUT2D eigenvalue weighted by Gasteiger charge is 2.50. The van der Waals surface area contributed by atoms with E-state index in [9.17, 15) is 18.0 Å². The van der Waals surface area contributed by atoms with Crippen LogP contribution in [0.5, 0.6) is 0 Å². The second kappa shape index (κ2) is 8.67. The maximum atomic E-state index is 13.5. The summed E-state index contributed by atoms with van der Waals surface area (Å²) in [6.45, 7) is 4.40. The van der Waals surface area contributed by atoms with E-state index in [0.29, 0.717) is 50.5 Å². The number of nitriles is 1. The first kappa shape index (κ1) is 23.1. The number of amides is 1. The minimum Gasteiger partial charge on any atom is -0.384 e. The van der Waals surface area contributed by atoms with E-state index < -0.39 is 17.3 Å². The summed E-state index contributed by atoms with van der Waals surface area (Å²) < 4.78 is 46.0. The number of likely N-dealkylation sites (tertiary alicyclic amines) is 1. The number of pyridine rings is 1. The molecular weight excluding hydrogens is 433 g/mol. The zero-order valence-corrected chi connectivity index (χ0v) is 18.5. The fourth-order valence-corrected chi connectivity index (χ4v) is 5.11. The van der Waals surface area contributed by atoms with Crippen molar-refractivity contribution >= 4 is 11.6 Å². The van der Waals surface area contributed by atoms with Gasteiger partial charge in [0.25, 0.3) is 5.91 Å². The van der Waals surface area contributed by atoms with Gasteiger partial charge in [0.1, 0.15) is 0 Å². The Hall–Kier alpha value is -3.12. The number of ether oxygens (including phenoxy) is 1. The first-order valence-corrected chi connectivity index (χ1v) is 10.7. The predicted octanol–water partition coefficient (Wildman–Crippen LogP) is 3.90. The SMILES string of the molecule is COC[C@@]12CCN(C(=O)c3cnccc3C)C[C@@H]1CN(c1ccc(C#N)c(C(F)(F)F)c1)C2. The van der Waals surface area contributed by atoms with Crippen LogP contribution < -0.4 is 4.90 Å². The molecule has 2 aliphatic heterocycles. The number of nitrogens with zero attached hydrogens (tertiary/aromatic N) is 4. The first-order chi connectivity index (χ1) is 15.7. The number of halogens is 3. The summed E-state index contributed by atoms with van der Waals surface area (Å²) in [4.78, 5) is 20.9. The zero-order valence-electron chi connectivity index (χ0n) is 18.5. The molecule has 1 aromatic carbocycles. The fraction of sp³-hybridized carbons (Fsp3) is 0.458. The van der Waals surface area contributed by atoms with E-state index in [0.717, 1.165) is 11.6 Å². The summed E-state index contributed by atoms with van der Waals surface area (Å²) in [5.74, 6) is -0.0418. The number of benzene rings is 1. The molecule has 0 bridgehead atoms. The van der Waals surface area contributed by atoms with Gasteiger partial charge in [0.2, 0.25) is 0 Å². The lowest BCUT2D eigenvalue weighted by Gasteiger charge is -2.43. The largest absolute Gasteiger partial charge is 0.417 e. The number of aryl methyl sites for hydroxylation is 1. The van der Waals surface area contributed by atoms with Crippen molar-refractivity contribution in [1.29, 1.82) is 5.26 Å². The lowest BCUT2D eigenvalue weighted by atomic mass is 9.73. The molecule has 2 atom stereocenters. The summed E-state index contributed by atoms with van der Waals surface area (Å²) >= 11 is 0. The maximum Gasteiger partial charge on any atom is 0.417 e. The molecule has 9 heteroatoms. The van der Waals surface area contributed by atoms with Crippen molar-refractivity contribution in [2.24, 2.45) is 11.3 Å². The van der Waals surface area contributed by atoms with E-state index in [1.807, 2.05) is 16.7 Å². The Morgan fingerprint density at radius 3 is 2.79 bits per heavy atom. The Labute approximate surface area is 190 Å². The number of fused-ring (bicyclic) bond motifs is 1. The Balaban J connectivity index is 1.60. The summed E-state index contributed by atoms with van der Waals surface area (Å²) in [5.41, 5.74) is 0.261. The normalized spacial score (nSPS) is 22.7. The van der Waals surface area contributed by atoms with Gasteiger partial charge in [-0.2, -0.15) is 18.4 Å². The lowest BCUT2D eigenvalue weighted by Crippen LogP contribution is -2.51. The molecule has 0 radical (unpaired) electrons. The number of carbonyl (C=O) groups is 1. The Kier molecular flexibility index (Phi) is 6.06.